The van der Waals surface area contributed by atoms with E-state index in [1.165, 1.54) is 4.90 Å². The number of nitrogens with one attached hydrogen (secondary N) is 1. The highest BCUT2D eigenvalue weighted by molar-refractivity contribution is 4.75. The van der Waals surface area contributed by atoms with Crippen molar-refractivity contribution in [2.24, 2.45) is 0 Å². The maximum atomic E-state index is 12.2. The van der Waals surface area contributed by atoms with Crippen molar-refractivity contribution in [2.45, 2.75) is 38.9 Å². The van der Waals surface area contributed by atoms with Crippen LogP contribution in [-0.2, 0) is 0 Å². The second kappa shape index (κ2) is 6.90. The van der Waals surface area contributed by atoms with Crippen LogP contribution < -0.4 is 5.32 Å². The van der Waals surface area contributed by atoms with E-state index in [4.69, 9.17) is 0 Å². The molecule has 0 aliphatic carbocycles. The molecule has 0 spiro atoms. The summed E-state index contributed by atoms with van der Waals surface area (Å²) in [7, 11) is 0. The molecule has 0 atom stereocenters. The lowest BCUT2D eigenvalue weighted by Gasteiger charge is -2.35. The van der Waals surface area contributed by atoms with E-state index < -0.39 is 12.7 Å². The molecule has 0 bridgehead atoms. The van der Waals surface area contributed by atoms with E-state index in [9.17, 15) is 13.2 Å². The molecule has 1 heterocycles. The van der Waals surface area contributed by atoms with Crippen molar-refractivity contribution in [1.29, 1.82) is 0 Å². The lowest BCUT2D eigenvalue weighted by Crippen LogP contribution is -2.49. The van der Waals surface area contributed by atoms with Gasteiger partial charge < -0.3 is 10.2 Å². The van der Waals surface area contributed by atoms with Gasteiger partial charge in [0.2, 0.25) is 0 Å². The van der Waals surface area contributed by atoms with Crippen molar-refractivity contribution in [3.8, 4) is 0 Å². The summed E-state index contributed by atoms with van der Waals surface area (Å²) >= 11 is 0. The fourth-order valence-electron chi connectivity index (χ4n) is 2.19. The summed E-state index contributed by atoms with van der Waals surface area (Å²) < 4.78 is 36.7. The van der Waals surface area contributed by atoms with Gasteiger partial charge in [-0.05, 0) is 40.3 Å². The van der Waals surface area contributed by atoms with Gasteiger partial charge in [-0.1, -0.05) is 0 Å². The summed E-state index contributed by atoms with van der Waals surface area (Å²) in [5, 5.41) is 3.42. The Morgan fingerprint density at radius 2 is 1.47 bits per heavy atom. The van der Waals surface area contributed by atoms with Gasteiger partial charge in [0.05, 0.1) is 6.54 Å². The summed E-state index contributed by atoms with van der Waals surface area (Å²) in [6.45, 7) is 10.0. The predicted octanol–water partition coefficient (Wildman–Crippen LogP) is 1.94. The standard InChI is InChI=1S/C13H26F3N3/c1-12(2,3)17-5-4-6-18-7-9-19(10-8-18)11-13(14,15)16/h17H,4-11H2,1-3H3. The van der Waals surface area contributed by atoms with Gasteiger partial charge in [0.25, 0.3) is 0 Å². The minimum absolute atomic E-state index is 0.130. The van der Waals surface area contributed by atoms with Crippen LogP contribution in [0, 0.1) is 0 Å². The van der Waals surface area contributed by atoms with E-state index in [0.717, 1.165) is 32.6 Å². The molecule has 1 saturated heterocycles. The van der Waals surface area contributed by atoms with Gasteiger partial charge in [-0.2, -0.15) is 13.2 Å². The van der Waals surface area contributed by atoms with Crippen LogP contribution in [0.5, 0.6) is 0 Å². The smallest absolute Gasteiger partial charge is 0.312 e. The first-order valence-corrected chi connectivity index (χ1v) is 6.92. The highest BCUT2D eigenvalue weighted by Gasteiger charge is 2.31. The van der Waals surface area contributed by atoms with Gasteiger partial charge in [-0.15, -0.1) is 0 Å². The van der Waals surface area contributed by atoms with E-state index in [-0.39, 0.29) is 5.54 Å². The molecule has 0 aromatic carbocycles. The topological polar surface area (TPSA) is 18.5 Å². The molecule has 1 rings (SSSR count). The second-order valence-corrected chi connectivity index (χ2v) is 6.26. The molecule has 3 nitrogen and oxygen atoms in total. The van der Waals surface area contributed by atoms with Crippen LogP contribution in [0.25, 0.3) is 0 Å². The number of piperazine rings is 1. The predicted molar refractivity (Wildman–Crippen MR) is 71.3 cm³/mol. The first-order valence-electron chi connectivity index (χ1n) is 6.92. The number of alkyl halides is 3. The SMILES string of the molecule is CC(C)(C)NCCCN1CCN(CC(F)(F)F)CC1. The lowest BCUT2D eigenvalue weighted by molar-refractivity contribution is -0.149. The minimum atomic E-state index is -4.07. The summed E-state index contributed by atoms with van der Waals surface area (Å²) in [6.07, 6.45) is -3.03. The van der Waals surface area contributed by atoms with Crippen molar-refractivity contribution in [2.75, 3.05) is 45.8 Å². The quantitative estimate of drug-likeness (QED) is 0.777. The monoisotopic (exact) mass is 281 g/mol. The first kappa shape index (κ1) is 16.7. The number of nitrogens with zero attached hydrogens (tertiary/aromatic N) is 2. The Balaban J connectivity index is 2.10. The highest BCUT2D eigenvalue weighted by atomic mass is 19.4. The Morgan fingerprint density at radius 3 is 1.95 bits per heavy atom. The summed E-state index contributed by atoms with van der Waals surface area (Å²) in [5.41, 5.74) is 0.130. The molecule has 1 aliphatic heterocycles. The molecule has 0 aromatic rings. The molecule has 0 amide bonds. The Kier molecular flexibility index (Phi) is 6.08. The van der Waals surface area contributed by atoms with Crippen LogP contribution in [0.3, 0.4) is 0 Å². The van der Waals surface area contributed by atoms with Crippen LogP contribution in [0.4, 0.5) is 13.2 Å². The molecule has 1 fully saturated rings. The average Bonchev–Trinajstić information content (AvgIpc) is 2.23. The molecule has 6 heteroatoms. The van der Waals surface area contributed by atoms with E-state index in [1.54, 1.807) is 0 Å². The highest BCUT2D eigenvalue weighted by Crippen LogP contribution is 2.17. The largest absolute Gasteiger partial charge is 0.401 e. The molecular weight excluding hydrogens is 255 g/mol. The zero-order valence-electron chi connectivity index (χ0n) is 12.2. The maximum absolute atomic E-state index is 12.2. The number of halogens is 3. The zero-order valence-corrected chi connectivity index (χ0v) is 12.2. The van der Waals surface area contributed by atoms with Gasteiger partial charge in [0.15, 0.2) is 0 Å². The molecule has 1 N–H and O–H groups in total. The van der Waals surface area contributed by atoms with Gasteiger partial charge in [-0.25, -0.2) is 0 Å². The van der Waals surface area contributed by atoms with Gasteiger partial charge >= 0.3 is 6.18 Å². The van der Waals surface area contributed by atoms with Gasteiger partial charge in [0.1, 0.15) is 0 Å². The number of hydrogen-bond donors (Lipinski definition) is 1. The molecule has 114 valence electrons. The summed E-state index contributed by atoms with van der Waals surface area (Å²) in [5.74, 6) is 0. The van der Waals surface area contributed by atoms with Crippen molar-refractivity contribution >= 4 is 0 Å². The first-order chi connectivity index (χ1) is 8.66. The minimum Gasteiger partial charge on any atom is -0.312 e. The van der Waals surface area contributed by atoms with E-state index >= 15 is 0 Å². The maximum Gasteiger partial charge on any atom is 0.401 e. The van der Waals surface area contributed by atoms with Crippen molar-refractivity contribution in [1.82, 2.24) is 15.1 Å². The van der Waals surface area contributed by atoms with Crippen molar-refractivity contribution in [3.63, 3.8) is 0 Å². The molecule has 0 aromatic heterocycles. The van der Waals surface area contributed by atoms with Crippen LogP contribution >= 0.6 is 0 Å². The normalized spacial score (nSPS) is 19.9. The third-order valence-electron chi connectivity index (χ3n) is 3.17. The molecule has 0 saturated carbocycles. The molecule has 1 aliphatic rings. The Hall–Kier alpha value is -0.330. The Labute approximate surface area is 114 Å². The molecular formula is C13H26F3N3. The van der Waals surface area contributed by atoms with Crippen LogP contribution in [0.1, 0.15) is 27.2 Å². The molecule has 0 unspecified atom stereocenters. The summed E-state index contributed by atoms with van der Waals surface area (Å²) in [4.78, 5) is 3.74. The van der Waals surface area contributed by atoms with E-state index in [0.29, 0.717) is 13.1 Å². The second-order valence-electron chi connectivity index (χ2n) is 6.26. The van der Waals surface area contributed by atoms with Gasteiger partial charge in [0, 0.05) is 31.7 Å². The van der Waals surface area contributed by atoms with Crippen LogP contribution in [0.2, 0.25) is 0 Å². The van der Waals surface area contributed by atoms with Crippen molar-refractivity contribution in [3.05, 3.63) is 0 Å². The van der Waals surface area contributed by atoms with E-state index in [2.05, 4.69) is 31.0 Å². The lowest BCUT2D eigenvalue weighted by atomic mass is 10.1. The average molecular weight is 281 g/mol. The Morgan fingerprint density at radius 1 is 0.947 bits per heavy atom. The molecule has 19 heavy (non-hydrogen) atoms. The van der Waals surface area contributed by atoms with Crippen LogP contribution in [-0.4, -0.2) is 67.3 Å². The third kappa shape index (κ3) is 8.44. The fraction of sp³-hybridized carbons (Fsp3) is 1.00. The van der Waals surface area contributed by atoms with Crippen molar-refractivity contribution < 1.29 is 13.2 Å². The number of hydrogen-bond acceptors (Lipinski definition) is 3. The Bertz CT molecular complexity index is 250. The van der Waals surface area contributed by atoms with Crippen LogP contribution in [0.15, 0.2) is 0 Å². The number of rotatable bonds is 5. The summed E-state index contributed by atoms with van der Waals surface area (Å²) in [6, 6.07) is 0. The fourth-order valence-corrected chi connectivity index (χ4v) is 2.19. The zero-order chi connectivity index (χ0) is 14.5. The third-order valence-corrected chi connectivity index (χ3v) is 3.17. The molecule has 0 radical (unpaired) electrons. The van der Waals surface area contributed by atoms with Gasteiger partial charge in [-0.3, -0.25) is 4.90 Å². The van der Waals surface area contributed by atoms with E-state index in [1.807, 2.05) is 0 Å².